The second-order valence-corrected chi connectivity index (χ2v) is 4.19. The van der Waals surface area contributed by atoms with Gasteiger partial charge in [0.15, 0.2) is 0 Å². The van der Waals surface area contributed by atoms with Crippen LogP contribution in [0.25, 0.3) is 0 Å². The van der Waals surface area contributed by atoms with Crippen molar-refractivity contribution in [3.8, 4) is 0 Å². The van der Waals surface area contributed by atoms with E-state index in [1.165, 1.54) is 12.1 Å². The van der Waals surface area contributed by atoms with E-state index in [1.807, 2.05) is 6.92 Å². The van der Waals surface area contributed by atoms with Gasteiger partial charge in [0.2, 0.25) is 0 Å². The zero-order valence-electron chi connectivity index (χ0n) is 11.0. The van der Waals surface area contributed by atoms with Crippen molar-refractivity contribution >= 4 is 0 Å². The van der Waals surface area contributed by atoms with E-state index in [1.54, 1.807) is 12.1 Å². The predicted octanol–water partition coefficient (Wildman–Crippen LogP) is 2.61. The molecule has 2 N–H and O–H groups in total. The van der Waals surface area contributed by atoms with Crippen LogP contribution in [0, 0.1) is 11.7 Å². The van der Waals surface area contributed by atoms with Gasteiger partial charge >= 0.3 is 0 Å². The van der Waals surface area contributed by atoms with Gasteiger partial charge in [0.05, 0.1) is 6.61 Å². The summed E-state index contributed by atoms with van der Waals surface area (Å²) in [5.74, 6) is 0.0452. The lowest BCUT2D eigenvalue weighted by molar-refractivity contribution is 0.0451. The highest BCUT2D eigenvalue weighted by Gasteiger charge is 2.06. The maximum absolute atomic E-state index is 12.7. The molecular weight excluding hydrogens is 231 g/mol. The van der Waals surface area contributed by atoms with E-state index < -0.39 is 0 Å². The quantitative estimate of drug-likeness (QED) is 0.551. The summed E-state index contributed by atoms with van der Waals surface area (Å²) in [5.41, 5.74) is 4.84. The van der Waals surface area contributed by atoms with E-state index in [0.717, 1.165) is 11.3 Å². The van der Waals surface area contributed by atoms with Gasteiger partial charge in [-0.2, -0.15) is 0 Å². The fourth-order valence-electron chi connectivity index (χ4n) is 1.40. The van der Waals surface area contributed by atoms with Crippen molar-refractivity contribution in [2.24, 2.45) is 5.92 Å². The Morgan fingerprint density at radius 1 is 1.39 bits per heavy atom. The van der Waals surface area contributed by atoms with Crippen LogP contribution in [0.3, 0.4) is 0 Å². The van der Waals surface area contributed by atoms with E-state index in [9.17, 15) is 4.39 Å². The number of nitrogens with one attached hydrogen (secondary N) is 2. The molecule has 0 aliphatic rings. The maximum Gasteiger partial charge on any atom is 0.123 e. The highest BCUT2D eigenvalue weighted by molar-refractivity contribution is 5.16. The van der Waals surface area contributed by atoms with E-state index in [4.69, 9.17) is 4.84 Å². The van der Waals surface area contributed by atoms with Gasteiger partial charge < -0.3 is 10.2 Å². The zero-order chi connectivity index (χ0) is 13.4. The molecule has 1 unspecified atom stereocenters. The van der Waals surface area contributed by atoms with Crippen LogP contribution in [-0.4, -0.2) is 13.2 Å². The van der Waals surface area contributed by atoms with Gasteiger partial charge in [-0.25, -0.2) is 9.87 Å². The molecular formula is C14H21FN2O. The molecule has 100 valence electrons. The maximum atomic E-state index is 12.7. The van der Waals surface area contributed by atoms with E-state index >= 15 is 0 Å². The Morgan fingerprint density at radius 3 is 2.67 bits per heavy atom. The number of benzene rings is 1. The summed E-state index contributed by atoms with van der Waals surface area (Å²) in [6.07, 6.45) is 0. The first-order valence-electron chi connectivity index (χ1n) is 6.15. The normalized spacial score (nSPS) is 12.2. The SMILES string of the molecule is C=C(NCc1ccc(F)cc1)C(C)CNOCC. The van der Waals surface area contributed by atoms with Crippen molar-refractivity contribution in [2.75, 3.05) is 13.2 Å². The Morgan fingerprint density at radius 2 is 2.06 bits per heavy atom. The minimum absolute atomic E-state index is 0.216. The minimum atomic E-state index is -0.216. The molecule has 0 aliphatic carbocycles. The molecule has 0 aliphatic heterocycles. The summed E-state index contributed by atoms with van der Waals surface area (Å²) in [7, 11) is 0. The Labute approximate surface area is 108 Å². The molecule has 1 atom stereocenters. The van der Waals surface area contributed by atoms with Gasteiger partial charge in [0, 0.05) is 24.7 Å². The predicted molar refractivity (Wildman–Crippen MR) is 71.2 cm³/mol. The first-order chi connectivity index (χ1) is 8.63. The average Bonchev–Trinajstić information content (AvgIpc) is 2.38. The Balaban J connectivity index is 2.29. The van der Waals surface area contributed by atoms with Crippen molar-refractivity contribution in [1.29, 1.82) is 0 Å². The van der Waals surface area contributed by atoms with Crippen LogP contribution in [0.2, 0.25) is 0 Å². The van der Waals surface area contributed by atoms with E-state index in [0.29, 0.717) is 19.7 Å². The van der Waals surface area contributed by atoms with Gasteiger partial charge in [-0.15, -0.1) is 0 Å². The minimum Gasteiger partial charge on any atom is -0.384 e. The average molecular weight is 252 g/mol. The van der Waals surface area contributed by atoms with Crippen LogP contribution < -0.4 is 10.8 Å². The number of hydrogen-bond acceptors (Lipinski definition) is 3. The molecule has 0 aromatic heterocycles. The first kappa shape index (κ1) is 14.7. The van der Waals surface area contributed by atoms with Gasteiger partial charge in [-0.1, -0.05) is 25.6 Å². The van der Waals surface area contributed by atoms with Crippen LogP contribution in [0.5, 0.6) is 0 Å². The van der Waals surface area contributed by atoms with Gasteiger partial charge in [0.25, 0.3) is 0 Å². The molecule has 0 amide bonds. The Hall–Kier alpha value is -1.39. The van der Waals surface area contributed by atoms with Gasteiger partial charge in [-0.05, 0) is 24.6 Å². The number of halogens is 1. The van der Waals surface area contributed by atoms with Crippen LogP contribution in [-0.2, 0) is 11.4 Å². The molecule has 0 saturated carbocycles. The van der Waals surface area contributed by atoms with Crippen LogP contribution in [0.4, 0.5) is 4.39 Å². The van der Waals surface area contributed by atoms with E-state index in [2.05, 4.69) is 24.3 Å². The second-order valence-electron chi connectivity index (χ2n) is 4.19. The monoisotopic (exact) mass is 252 g/mol. The lowest BCUT2D eigenvalue weighted by Crippen LogP contribution is -2.27. The molecule has 4 heteroatoms. The molecule has 1 aromatic rings. The highest BCUT2D eigenvalue weighted by Crippen LogP contribution is 2.07. The largest absolute Gasteiger partial charge is 0.384 e. The lowest BCUT2D eigenvalue weighted by Gasteiger charge is -2.17. The van der Waals surface area contributed by atoms with Gasteiger partial charge in [-0.3, -0.25) is 0 Å². The van der Waals surface area contributed by atoms with Crippen molar-refractivity contribution in [3.05, 3.63) is 47.9 Å². The summed E-state index contributed by atoms with van der Waals surface area (Å²) in [6, 6.07) is 6.44. The zero-order valence-corrected chi connectivity index (χ0v) is 11.0. The third kappa shape index (κ3) is 5.29. The lowest BCUT2D eigenvalue weighted by atomic mass is 10.1. The van der Waals surface area contributed by atoms with E-state index in [-0.39, 0.29) is 11.7 Å². The topological polar surface area (TPSA) is 33.3 Å². The van der Waals surface area contributed by atoms with Crippen LogP contribution >= 0.6 is 0 Å². The number of hydrogen-bond donors (Lipinski definition) is 2. The van der Waals surface area contributed by atoms with Crippen LogP contribution in [0.1, 0.15) is 19.4 Å². The Bertz CT molecular complexity index is 365. The van der Waals surface area contributed by atoms with Gasteiger partial charge in [0.1, 0.15) is 5.82 Å². The third-order valence-electron chi connectivity index (χ3n) is 2.66. The van der Waals surface area contributed by atoms with Crippen molar-refractivity contribution in [1.82, 2.24) is 10.8 Å². The fourth-order valence-corrected chi connectivity index (χ4v) is 1.40. The summed E-state index contributed by atoms with van der Waals surface area (Å²) in [6.45, 7) is 9.98. The van der Waals surface area contributed by atoms with Crippen molar-refractivity contribution < 1.29 is 9.23 Å². The molecule has 0 radical (unpaired) electrons. The van der Waals surface area contributed by atoms with Crippen molar-refractivity contribution in [3.63, 3.8) is 0 Å². The summed E-state index contributed by atoms with van der Waals surface area (Å²) < 4.78 is 12.7. The standard InChI is InChI=1S/C14H21FN2O/c1-4-18-17-9-11(2)12(3)16-10-13-5-7-14(15)8-6-13/h5-8,11,16-17H,3-4,9-10H2,1-2H3. The third-order valence-corrected chi connectivity index (χ3v) is 2.66. The van der Waals surface area contributed by atoms with Crippen LogP contribution in [0.15, 0.2) is 36.5 Å². The fraction of sp³-hybridized carbons (Fsp3) is 0.429. The smallest absolute Gasteiger partial charge is 0.123 e. The number of hydroxylamine groups is 1. The summed E-state index contributed by atoms with van der Waals surface area (Å²) in [5, 5.41) is 3.23. The number of rotatable bonds is 8. The molecule has 1 aromatic carbocycles. The molecule has 18 heavy (non-hydrogen) atoms. The summed E-state index contributed by atoms with van der Waals surface area (Å²) in [4.78, 5) is 5.07. The first-order valence-corrected chi connectivity index (χ1v) is 6.15. The molecule has 0 bridgehead atoms. The summed E-state index contributed by atoms with van der Waals surface area (Å²) >= 11 is 0. The molecule has 0 heterocycles. The molecule has 3 nitrogen and oxygen atoms in total. The highest BCUT2D eigenvalue weighted by atomic mass is 19.1. The molecule has 0 fully saturated rings. The van der Waals surface area contributed by atoms with Crippen molar-refractivity contribution in [2.45, 2.75) is 20.4 Å². The molecule has 0 spiro atoms. The second kappa shape index (κ2) is 7.84. The molecule has 1 rings (SSSR count). The Kier molecular flexibility index (Phi) is 6.39. The molecule has 0 saturated heterocycles.